The lowest BCUT2D eigenvalue weighted by Gasteiger charge is -2.51. The Morgan fingerprint density at radius 2 is 0.822 bits per heavy atom. The van der Waals surface area contributed by atoms with Crippen molar-refractivity contribution in [1.82, 2.24) is 15.7 Å². The lowest BCUT2D eigenvalue weighted by Crippen LogP contribution is -2.61. The molecule has 0 spiro atoms. The van der Waals surface area contributed by atoms with Crippen LogP contribution in [-0.4, -0.2) is 79.7 Å². The summed E-state index contributed by atoms with van der Waals surface area (Å²) in [6.07, 6.45) is 3.08. The Hall–Kier alpha value is -1.75. The maximum Gasteiger partial charge on any atom is 0.310 e. The molecule has 2 unspecified atom stereocenters. The molecule has 0 aromatic carbocycles. The lowest BCUT2D eigenvalue weighted by molar-refractivity contribution is -0.260. The Morgan fingerprint density at radius 3 is 1.16 bits per heavy atom. The van der Waals surface area contributed by atoms with E-state index in [1.807, 2.05) is 27.7 Å². The molecular weight excluding hydrogens is 574 g/mol. The topological polar surface area (TPSA) is 126 Å². The maximum atomic E-state index is 14.1. The molecule has 0 aromatic heterocycles. The first-order valence-electron chi connectivity index (χ1n) is 17.0. The Labute approximate surface area is 271 Å². The highest BCUT2D eigenvalue weighted by Gasteiger charge is 2.54. The molecule has 2 atom stereocenters. The van der Waals surface area contributed by atoms with E-state index in [0.29, 0.717) is 51.4 Å². The predicted molar refractivity (Wildman–Crippen MR) is 171 cm³/mol. The standard InChI is InChI=1S/C35H61N3O7/c1-30(2)15-21(16-31(3,4)36-30)43-27(39)24-13-14-25(28(40)44-22-17-32(5,6)37-33(7,8)18-22)26(24)29(41)45-23-19-34(9,10)38(42)35(11,12)20-23/h21-26,36-37,42H,13-20H2,1-12H3. The minimum absolute atomic E-state index is 0.218. The fraction of sp³-hybridized carbons (Fsp3) is 0.914. The van der Waals surface area contributed by atoms with E-state index in [9.17, 15) is 19.6 Å². The number of nitrogens with one attached hydrogen (secondary N) is 2. The van der Waals surface area contributed by atoms with Crippen LogP contribution in [0.15, 0.2) is 0 Å². The van der Waals surface area contributed by atoms with Crippen LogP contribution in [0.5, 0.6) is 0 Å². The van der Waals surface area contributed by atoms with Gasteiger partial charge in [0.15, 0.2) is 0 Å². The molecule has 4 fully saturated rings. The van der Waals surface area contributed by atoms with Crippen molar-refractivity contribution in [3.8, 4) is 0 Å². The number of nitrogens with zero attached hydrogens (tertiary/aromatic N) is 1. The molecular formula is C35H61N3O7. The molecule has 3 saturated heterocycles. The van der Waals surface area contributed by atoms with E-state index in [-0.39, 0.29) is 34.4 Å². The molecule has 10 heteroatoms. The Balaban J connectivity index is 1.56. The molecule has 4 rings (SSSR count). The summed E-state index contributed by atoms with van der Waals surface area (Å²) < 4.78 is 18.4. The third-order valence-corrected chi connectivity index (χ3v) is 10.3. The van der Waals surface area contributed by atoms with Gasteiger partial charge in [0.05, 0.1) is 17.8 Å². The van der Waals surface area contributed by atoms with Crippen LogP contribution in [0, 0.1) is 17.8 Å². The zero-order chi connectivity index (χ0) is 34.0. The molecule has 1 saturated carbocycles. The first-order valence-corrected chi connectivity index (χ1v) is 17.0. The van der Waals surface area contributed by atoms with Gasteiger partial charge >= 0.3 is 17.9 Å². The number of hydrogen-bond acceptors (Lipinski definition) is 10. The van der Waals surface area contributed by atoms with Gasteiger partial charge in [-0.15, -0.1) is 0 Å². The van der Waals surface area contributed by atoms with Crippen LogP contribution in [0.25, 0.3) is 0 Å². The van der Waals surface area contributed by atoms with Crippen molar-refractivity contribution >= 4 is 17.9 Å². The van der Waals surface area contributed by atoms with Crippen molar-refractivity contribution < 1.29 is 33.8 Å². The minimum Gasteiger partial charge on any atom is -0.462 e. The third kappa shape index (κ3) is 8.59. The van der Waals surface area contributed by atoms with Crippen LogP contribution in [0.4, 0.5) is 0 Å². The number of hydroxylamine groups is 2. The first kappa shape index (κ1) is 36.1. The van der Waals surface area contributed by atoms with E-state index >= 15 is 0 Å². The van der Waals surface area contributed by atoms with Crippen LogP contribution in [0.3, 0.4) is 0 Å². The smallest absolute Gasteiger partial charge is 0.310 e. The fourth-order valence-electron chi connectivity index (χ4n) is 9.49. The van der Waals surface area contributed by atoms with Crippen LogP contribution < -0.4 is 10.6 Å². The first-order chi connectivity index (χ1) is 20.3. The summed E-state index contributed by atoms with van der Waals surface area (Å²) in [5, 5.41) is 19.3. The second-order valence-electron chi connectivity index (χ2n) is 18.4. The SMILES string of the molecule is CC1(C)CC(OC(=O)C2CCC(C(=O)OC3CC(C)(C)NC(C)(C)C3)C2C(=O)OC2CC(C)(C)N(O)C(C)(C)C2)CC(C)(C)N1. The van der Waals surface area contributed by atoms with Gasteiger partial charge in [0, 0.05) is 71.8 Å². The van der Waals surface area contributed by atoms with Crippen LogP contribution in [-0.2, 0) is 28.6 Å². The van der Waals surface area contributed by atoms with E-state index < -0.39 is 52.8 Å². The van der Waals surface area contributed by atoms with Gasteiger partial charge in [-0.05, 0) is 95.9 Å². The van der Waals surface area contributed by atoms with Crippen molar-refractivity contribution in [1.29, 1.82) is 0 Å². The van der Waals surface area contributed by atoms with E-state index in [0.717, 1.165) is 0 Å². The van der Waals surface area contributed by atoms with E-state index in [4.69, 9.17) is 14.2 Å². The van der Waals surface area contributed by atoms with E-state index in [2.05, 4.69) is 66.0 Å². The number of hydrogen-bond donors (Lipinski definition) is 3. The second kappa shape index (κ2) is 12.0. The molecule has 3 aliphatic heterocycles. The Morgan fingerprint density at radius 1 is 0.533 bits per heavy atom. The van der Waals surface area contributed by atoms with Crippen molar-refractivity contribution in [3.63, 3.8) is 0 Å². The van der Waals surface area contributed by atoms with Crippen molar-refractivity contribution in [3.05, 3.63) is 0 Å². The molecule has 45 heavy (non-hydrogen) atoms. The third-order valence-electron chi connectivity index (χ3n) is 10.3. The van der Waals surface area contributed by atoms with Gasteiger partial charge in [-0.1, -0.05) is 0 Å². The Bertz CT molecular complexity index is 1030. The summed E-state index contributed by atoms with van der Waals surface area (Å²) in [4.78, 5) is 41.8. The largest absolute Gasteiger partial charge is 0.462 e. The van der Waals surface area contributed by atoms with Crippen molar-refractivity contribution in [2.24, 2.45) is 17.8 Å². The normalized spacial score (nSPS) is 32.9. The van der Waals surface area contributed by atoms with Crippen molar-refractivity contribution in [2.45, 2.75) is 186 Å². The van der Waals surface area contributed by atoms with Crippen LogP contribution >= 0.6 is 0 Å². The Kier molecular flexibility index (Phi) is 9.66. The zero-order valence-corrected chi connectivity index (χ0v) is 30.0. The van der Waals surface area contributed by atoms with Gasteiger partial charge in [0.2, 0.25) is 0 Å². The highest BCUT2D eigenvalue weighted by Crippen LogP contribution is 2.44. The molecule has 3 heterocycles. The number of rotatable bonds is 6. The average molecular weight is 636 g/mol. The quantitative estimate of drug-likeness (QED) is 0.262. The van der Waals surface area contributed by atoms with Gasteiger partial charge in [-0.3, -0.25) is 14.4 Å². The number of carbonyl (C=O) groups is 3. The summed E-state index contributed by atoms with van der Waals surface area (Å²) in [5.74, 6) is -4.03. The molecule has 0 bridgehead atoms. The fourth-order valence-corrected chi connectivity index (χ4v) is 9.49. The number of ether oxygens (including phenoxy) is 3. The molecule has 0 radical (unpaired) electrons. The van der Waals surface area contributed by atoms with Crippen LogP contribution in [0.1, 0.15) is 134 Å². The van der Waals surface area contributed by atoms with E-state index in [1.165, 1.54) is 5.06 Å². The lowest BCUT2D eigenvalue weighted by atomic mass is 9.80. The molecule has 10 nitrogen and oxygen atoms in total. The van der Waals surface area contributed by atoms with Gasteiger partial charge < -0.3 is 30.1 Å². The average Bonchev–Trinajstić information content (AvgIpc) is 3.23. The summed E-state index contributed by atoms with van der Waals surface area (Å²) in [6, 6.07) is 0. The molecule has 0 aromatic rings. The summed E-state index contributed by atoms with van der Waals surface area (Å²) >= 11 is 0. The molecule has 258 valence electrons. The number of carbonyl (C=O) groups excluding carboxylic acids is 3. The number of esters is 3. The number of piperidine rings is 3. The molecule has 4 aliphatic rings. The van der Waals surface area contributed by atoms with Crippen molar-refractivity contribution in [2.75, 3.05) is 0 Å². The molecule has 3 N–H and O–H groups in total. The van der Waals surface area contributed by atoms with Gasteiger partial charge in [0.1, 0.15) is 18.3 Å². The highest BCUT2D eigenvalue weighted by atomic mass is 16.6. The molecule has 1 aliphatic carbocycles. The molecule has 0 amide bonds. The summed E-state index contributed by atoms with van der Waals surface area (Å²) in [5.41, 5.74) is -2.12. The minimum atomic E-state index is -0.992. The highest BCUT2D eigenvalue weighted by molar-refractivity contribution is 5.88. The summed E-state index contributed by atoms with van der Waals surface area (Å²) in [6.45, 7) is 24.4. The second-order valence-corrected chi connectivity index (χ2v) is 18.4. The zero-order valence-electron chi connectivity index (χ0n) is 30.0. The summed E-state index contributed by atoms with van der Waals surface area (Å²) in [7, 11) is 0. The predicted octanol–water partition coefficient (Wildman–Crippen LogP) is 5.29. The van der Waals surface area contributed by atoms with Gasteiger partial charge in [-0.2, -0.15) is 5.06 Å². The van der Waals surface area contributed by atoms with Gasteiger partial charge in [-0.25, -0.2) is 0 Å². The van der Waals surface area contributed by atoms with E-state index in [1.54, 1.807) is 0 Å². The maximum absolute atomic E-state index is 14.1. The monoisotopic (exact) mass is 635 g/mol. The van der Waals surface area contributed by atoms with Gasteiger partial charge in [0.25, 0.3) is 0 Å². The van der Waals surface area contributed by atoms with Crippen LogP contribution in [0.2, 0.25) is 0 Å².